The van der Waals surface area contributed by atoms with Gasteiger partial charge < -0.3 is 9.88 Å². The molecule has 3 nitrogen and oxygen atoms in total. The number of nitrogens with one attached hydrogen (secondary N) is 1. The summed E-state index contributed by atoms with van der Waals surface area (Å²) in [5.74, 6) is 0. The Morgan fingerprint density at radius 3 is 2.59 bits per heavy atom. The Morgan fingerprint density at radius 1 is 1.47 bits per heavy atom. The number of rotatable bonds is 5. The van der Waals surface area contributed by atoms with Crippen molar-refractivity contribution in [1.82, 2.24) is 9.88 Å². The molecule has 1 heterocycles. The predicted molar refractivity (Wildman–Crippen MR) is 70.7 cm³/mol. The van der Waals surface area contributed by atoms with Crippen LogP contribution >= 0.6 is 0 Å². The molecule has 3 heteroatoms. The van der Waals surface area contributed by atoms with Gasteiger partial charge in [0.05, 0.1) is 0 Å². The van der Waals surface area contributed by atoms with Gasteiger partial charge in [-0.15, -0.1) is 0 Å². The van der Waals surface area contributed by atoms with Gasteiger partial charge in [-0.1, -0.05) is 13.3 Å². The van der Waals surface area contributed by atoms with E-state index in [-0.39, 0.29) is 5.54 Å². The first-order chi connectivity index (χ1) is 7.91. The van der Waals surface area contributed by atoms with Crippen LogP contribution in [0.25, 0.3) is 0 Å². The van der Waals surface area contributed by atoms with Crippen LogP contribution in [0.1, 0.15) is 50.6 Å². The maximum absolute atomic E-state index is 8.98. The lowest BCUT2D eigenvalue weighted by Crippen LogP contribution is -2.38. The Bertz CT molecular complexity index is 421. The number of hydrogen-bond acceptors (Lipinski definition) is 2. The Balaban J connectivity index is 2.74. The lowest BCUT2D eigenvalue weighted by Gasteiger charge is -2.25. The lowest BCUT2D eigenvalue weighted by molar-refractivity contribution is 0.356. The van der Waals surface area contributed by atoms with Gasteiger partial charge in [0.1, 0.15) is 11.8 Å². The standard InChI is InChI=1S/C14H23N3/c1-6-7-14(3,4)16-10-12-8-13(9-15)17(5)11(12)2/h8,16H,6-7,10H2,1-5H3. The van der Waals surface area contributed by atoms with Gasteiger partial charge in [-0.2, -0.15) is 5.26 Å². The monoisotopic (exact) mass is 233 g/mol. The molecule has 1 rings (SSSR count). The molecule has 0 spiro atoms. The highest BCUT2D eigenvalue weighted by Crippen LogP contribution is 2.16. The number of hydrogen-bond donors (Lipinski definition) is 1. The second-order valence-electron chi connectivity index (χ2n) is 5.30. The van der Waals surface area contributed by atoms with Crippen LogP contribution in [-0.4, -0.2) is 10.1 Å². The van der Waals surface area contributed by atoms with Crippen molar-refractivity contribution < 1.29 is 0 Å². The molecule has 0 aliphatic carbocycles. The van der Waals surface area contributed by atoms with E-state index in [0.29, 0.717) is 0 Å². The Morgan fingerprint density at radius 2 is 2.12 bits per heavy atom. The minimum Gasteiger partial charge on any atom is -0.340 e. The highest BCUT2D eigenvalue weighted by atomic mass is 15.0. The van der Waals surface area contributed by atoms with Crippen molar-refractivity contribution >= 4 is 0 Å². The van der Waals surface area contributed by atoms with Gasteiger partial charge in [-0.05, 0) is 38.8 Å². The van der Waals surface area contributed by atoms with Crippen molar-refractivity contribution in [3.8, 4) is 6.07 Å². The molecule has 0 saturated heterocycles. The molecule has 0 aliphatic rings. The third-order valence-corrected chi connectivity index (χ3v) is 3.39. The lowest BCUT2D eigenvalue weighted by atomic mass is 9.98. The van der Waals surface area contributed by atoms with Crippen molar-refractivity contribution in [3.63, 3.8) is 0 Å². The average Bonchev–Trinajstić information content (AvgIpc) is 2.53. The molecule has 1 aromatic heterocycles. The molecule has 1 N–H and O–H groups in total. The topological polar surface area (TPSA) is 40.8 Å². The van der Waals surface area contributed by atoms with E-state index in [1.165, 1.54) is 17.7 Å². The summed E-state index contributed by atoms with van der Waals surface area (Å²) in [6, 6.07) is 4.19. The van der Waals surface area contributed by atoms with E-state index in [9.17, 15) is 0 Å². The maximum atomic E-state index is 8.98. The van der Waals surface area contributed by atoms with Crippen molar-refractivity contribution in [2.45, 2.75) is 52.6 Å². The smallest absolute Gasteiger partial charge is 0.120 e. The van der Waals surface area contributed by atoms with Crippen LogP contribution in [0.15, 0.2) is 6.07 Å². The fourth-order valence-electron chi connectivity index (χ4n) is 2.10. The molecule has 1 aromatic rings. The first-order valence-corrected chi connectivity index (χ1v) is 6.21. The van der Waals surface area contributed by atoms with E-state index in [1.54, 1.807) is 0 Å². The molecule has 17 heavy (non-hydrogen) atoms. The molecule has 94 valence electrons. The van der Waals surface area contributed by atoms with E-state index in [1.807, 2.05) is 17.7 Å². The molecule has 0 aliphatic heterocycles. The summed E-state index contributed by atoms with van der Waals surface area (Å²) < 4.78 is 1.95. The number of aromatic nitrogens is 1. The van der Waals surface area contributed by atoms with Crippen LogP contribution in [0.4, 0.5) is 0 Å². The Labute approximate surface area is 104 Å². The van der Waals surface area contributed by atoms with Crippen LogP contribution in [0.3, 0.4) is 0 Å². The highest BCUT2D eigenvalue weighted by molar-refractivity contribution is 5.34. The zero-order chi connectivity index (χ0) is 13.1. The minimum absolute atomic E-state index is 0.157. The molecule has 0 bridgehead atoms. The quantitative estimate of drug-likeness (QED) is 0.849. The third kappa shape index (κ3) is 3.34. The molecule has 0 radical (unpaired) electrons. The van der Waals surface area contributed by atoms with Gasteiger partial charge in [0.25, 0.3) is 0 Å². The van der Waals surface area contributed by atoms with Crippen LogP contribution in [-0.2, 0) is 13.6 Å². The maximum Gasteiger partial charge on any atom is 0.120 e. The predicted octanol–water partition coefficient (Wildman–Crippen LogP) is 2.87. The van der Waals surface area contributed by atoms with Gasteiger partial charge in [0.15, 0.2) is 0 Å². The molecular weight excluding hydrogens is 210 g/mol. The van der Waals surface area contributed by atoms with Crippen molar-refractivity contribution in [2.24, 2.45) is 7.05 Å². The Kier molecular flexibility index (Phi) is 4.36. The summed E-state index contributed by atoms with van der Waals surface area (Å²) >= 11 is 0. The summed E-state index contributed by atoms with van der Waals surface area (Å²) in [4.78, 5) is 0. The van der Waals surface area contributed by atoms with Gasteiger partial charge in [-0.25, -0.2) is 0 Å². The zero-order valence-electron chi connectivity index (χ0n) is 11.6. The zero-order valence-corrected chi connectivity index (χ0v) is 11.6. The average molecular weight is 233 g/mol. The van der Waals surface area contributed by atoms with Gasteiger partial charge in [-0.3, -0.25) is 0 Å². The van der Waals surface area contributed by atoms with Crippen molar-refractivity contribution in [3.05, 3.63) is 23.0 Å². The molecule has 0 aromatic carbocycles. The molecule has 0 saturated carbocycles. The number of nitrogens with zero attached hydrogens (tertiary/aromatic N) is 2. The molecule has 0 atom stereocenters. The summed E-state index contributed by atoms with van der Waals surface area (Å²) in [6.45, 7) is 9.53. The van der Waals surface area contributed by atoms with Crippen molar-refractivity contribution in [2.75, 3.05) is 0 Å². The SMILES string of the molecule is CCCC(C)(C)NCc1cc(C#N)n(C)c1C. The first-order valence-electron chi connectivity index (χ1n) is 6.21. The van der Waals surface area contributed by atoms with Crippen LogP contribution in [0.2, 0.25) is 0 Å². The highest BCUT2D eigenvalue weighted by Gasteiger charge is 2.17. The normalized spacial score (nSPS) is 11.5. The minimum atomic E-state index is 0.157. The van der Waals surface area contributed by atoms with Gasteiger partial charge >= 0.3 is 0 Å². The summed E-state index contributed by atoms with van der Waals surface area (Å²) in [5.41, 5.74) is 3.27. The van der Waals surface area contributed by atoms with Crippen LogP contribution < -0.4 is 5.32 Å². The van der Waals surface area contributed by atoms with E-state index in [4.69, 9.17) is 5.26 Å². The van der Waals surface area contributed by atoms with E-state index in [2.05, 4.69) is 39.1 Å². The second kappa shape index (κ2) is 5.37. The van der Waals surface area contributed by atoms with Gasteiger partial charge in [0.2, 0.25) is 0 Å². The van der Waals surface area contributed by atoms with E-state index >= 15 is 0 Å². The summed E-state index contributed by atoms with van der Waals surface area (Å²) in [6.07, 6.45) is 2.33. The molecule has 0 unspecified atom stereocenters. The second-order valence-corrected chi connectivity index (χ2v) is 5.30. The summed E-state index contributed by atoms with van der Waals surface area (Å²) in [5, 5.41) is 12.5. The third-order valence-electron chi connectivity index (χ3n) is 3.39. The van der Waals surface area contributed by atoms with Gasteiger partial charge in [0, 0.05) is 24.8 Å². The van der Waals surface area contributed by atoms with Crippen LogP contribution in [0.5, 0.6) is 0 Å². The van der Waals surface area contributed by atoms with E-state index in [0.717, 1.165) is 18.7 Å². The molecular formula is C14H23N3. The summed E-state index contributed by atoms with van der Waals surface area (Å²) in [7, 11) is 1.94. The number of nitriles is 1. The molecule has 0 fully saturated rings. The Hall–Kier alpha value is -1.27. The van der Waals surface area contributed by atoms with E-state index < -0.39 is 0 Å². The molecule has 0 amide bonds. The fraction of sp³-hybridized carbons (Fsp3) is 0.643. The fourth-order valence-corrected chi connectivity index (χ4v) is 2.10. The van der Waals surface area contributed by atoms with Crippen molar-refractivity contribution in [1.29, 1.82) is 5.26 Å². The largest absolute Gasteiger partial charge is 0.340 e. The van der Waals surface area contributed by atoms with Crippen LogP contribution in [0, 0.1) is 18.3 Å². The first kappa shape index (κ1) is 13.8.